The molecule has 0 amide bonds. The normalized spacial score (nSPS) is 11.4. The van der Waals surface area contributed by atoms with E-state index in [0.717, 1.165) is 16.9 Å². The number of aliphatic carboxylic acids is 1. The summed E-state index contributed by atoms with van der Waals surface area (Å²) in [5.41, 5.74) is 2.66. The van der Waals surface area contributed by atoms with Crippen LogP contribution in [0.15, 0.2) is 29.8 Å². The molecule has 1 aromatic rings. The molecular formula is C14H18O3. The Bertz CT molecular complexity index is 413. The highest BCUT2D eigenvalue weighted by Gasteiger charge is 2.03. The molecule has 1 aromatic carbocycles. The van der Waals surface area contributed by atoms with Crippen LogP contribution in [0.1, 0.15) is 24.5 Å². The fourth-order valence-electron chi connectivity index (χ4n) is 1.64. The quantitative estimate of drug-likeness (QED) is 0.796. The molecule has 0 heterocycles. The van der Waals surface area contributed by atoms with Gasteiger partial charge in [-0.05, 0) is 49.6 Å². The fourth-order valence-corrected chi connectivity index (χ4v) is 1.64. The average Bonchev–Trinajstić information content (AvgIpc) is 2.22. The lowest BCUT2D eigenvalue weighted by atomic mass is 10.1. The van der Waals surface area contributed by atoms with Crippen molar-refractivity contribution < 1.29 is 14.6 Å². The molecule has 0 unspecified atom stereocenters. The van der Waals surface area contributed by atoms with E-state index in [4.69, 9.17) is 9.84 Å². The Labute approximate surface area is 102 Å². The van der Waals surface area contributed by atoms with Crippen molar-refractivity contribution in [1.29, 1.82) is 0 Å². The first-order chi connectivity index (χ1) is 8.02. The predicted molar refractivity (Wildman–Crippen MR) is 67.4 cm³/mol. The van der Waals surface area contributed by atoms with Crippen molar-refractivity contribution in [3.8, 4) is 5.75 Å². The van der Waals surface area contributed by atoms with Crippen molar-refractivity contribution >= 4 is 5.97 Å². The maximum absolute atomic E-state index is 10.8. The Kier molecular flexibility index (Phi) is 4.76. The van der Waals surface area contributed by atoms with E-state index in [1.54, 1.807) is 6.08 Å². The molecule has 3 heteroatoms. The molecule has 0 spiro atoms. The third kappa shape index (κ3) is 4.31. The van der Waals surface area contributed by atoms with E-state index < -0.39 is 5.97 Å². The van der Waals surface area contributed by atoms with Crippen LogP contribution >= 0.6 is 0 Å². The van der Waals surface area contributed by atoms with E-state index in [1.165, 1.54) is 0 Å². The molecule has 0 saturated heterocycles. The molecule has 0 aromatic heterocycles. The van der Waals surface area contributed by atoms with Crippen molar-refractivity contribution in [2.24, 2.45) is 0 Å². The van der Waals surface area contributed by atoms with Crippen LogP contribution in [-0.4, -0.2) is 17.7 Å². The number of carbonyl (C=O) groups is 1. The van der Waals surface area contributed by atoms with Gasteiger partial charge in [0.15, 0.2) is 0 Å². The summed E-state index contributed by atoms with van der Waals surface area (Å²) in [6, 6.07) is 5.94. The Morgan fingerprint density at radius 3 is 2.35 bits per heavy atom. The molecule has 1 rings (SSSR count). The molecule has 0 radical (unpaired) electrons. The summed E-state index contributed by atoms with van der Waals surface area (Å²) in [6.07, 6.45) is 2.12. The van der Waals surface area contributed by atoms with E-state index in [2.05, 4.69) is 6.07 Å². The Hall–Kier alpha value is -1.77. The highest BCUT2D eigenvalue weighted by Crippen LogP contribution is 2.16. The molecule has 0 aliphatic rings. The van der Waals surface area contributed by atoms with Crippen LogP contribution in [0.2, 0.25) is 0 Å². The van der Waals surface area contributed by atoms with Crippen LogP contribution in [0.5, 0.6) is 5.75 Å². The SMILES string of the molecule is CCC(=CCOc1cc(C)cc(C)c1)C(=O)O. The number of carboxylic acids is 1. The van der Waals surface area contributed by atoms with Gasteiger partial charge < -0.3 is 9.84 Å². The van der Waals surface area contributed by atoms with Gasteiger partial charge in [0.2, 0.25) is 0 Å². The summed E-state index contributed by atoms with van der Waals surface area (Å²) in [5.74, 6) is -0.101. The zero-order valence-corrected chi connectivity index (χ0v) is 10.5. The lowest BCUT2D eigenvalue weighted by molar-refractivity contribution is -0.132. The molecule has 1 N–H and O–H groups in total. The summed E-state index contributed by atoms with van der Waals surface area (Å²) in [6.45, 7) is 6.12. The molecule has 0 aliphatic carbocycles. The largest absolute Gasteiger partial charge is 0.489 e. The molecule has 0 saturated carbocycles. The molecule has 3 nitrogen and oxygen atoms in total. The zero-order valence-electron chi connectivity index (χ0n) is 10.5. The van der Waals surface area contributed by atoms with Crippen molar-refractivity contribution in [2.45, 2.75) is 27.2 Å². The Morgan fingerprint density at radius 2 is 1.88 bits per heavy atom. The second-order valence-corrected chi connectivity index (χ2v) is 4.02. The third-order valence-corrected chi connectivity index (χ3v) is 2.43. The fraction of sp³-hybridized carbons (Fsp3) is 0.357. The minimum absolute atomic E-state index is 0.290. The van der Waals surface area contributed by atoms with Gasteiger partial charge in [-0.2, -0.15) is 0 Å². The summed E-state index contributed by atoms with van der Waals surface area (Å²) in [5, 5.41) is 8.83. The highest BCUT2D eigenvalue weighted by atomic mass is 16.5. The van der Waals surface area contributed by atoms with E-state index in [1.807, 2.05) is 32.9 Å². The first-order valence-electron chi connectivity index (χ1n) is 5.66. The van der Waals surface area contributed by atoms with E-state index in [9.17, 15) is 4.79 Å². The first-order valence-corrected chi connectivity index (χ1v) is 5.66. The highest BCUT2D eigenvalue weighted by molar-refractivity contribution is 5.86. The van der Waals surface area contributed by atoms with E-state index >= 15 is 0 Å². The Morgan fingerprint density at radius 1 is 1.29 bits per heavy atom. The number of aryl methyl sites for hydroxylation is 2. The maximum Gasteiger partial charge on any atom is 0.331 e. The van der Waals surface area contributed by atoms with E-state index in [-0.39, 0.29) is 0 Å². The van der Waals surface area contributed by atoms with E-state index in [0.29, 0.717) is 18.6 Å². The van der Waals surface area contributed by atoms with Gasteiger partial charge in [-0.25, -0.2) is 4.79 Å². The smallest absolute Gasteiger partial charge is 0.331 e. The van der Waals surface area contributed by atoms with Crippen LogP contribution in [0.3, 0.4) is 0 Å². The number of benzene rings is 1. The van der Waals surface area contributed by atoms with Gasteiger partial charge in [0, 0.05) is 5.57 Å². The minimum Gasteiger partial charge on any atom is -0.489 e. The molecule has 17 heavy (non-hydrogen) atoms. The van der Waals surface area contributed by atoms with Gasteiger partial charge in [0.05, 0.1) is 0 Å². The van der Waals surface area contributed by atoms with Crippen molar-refractivity contribution in [3.63, 3.8) is 0 Å². The van der Waals surface area contributed by atoms with Crippen LogP contribution < -0.4 is 4.74 Å². The lowest BCUT2D eigenvalue weighted by Gasteiger charge is -2.06. The lowest BCUT2D eigenvalue weighted by Crippen LogP contribution is -2.03. The summed E-state index contributed by atoms with van der Waals surface area (Å²) in [4.78, 5) is 10.8. The molecule has 0 aliphatic heterocycles. The van der Waals surface area contributed by atoms with Crippen molar-refractivity contribution in [1.82, 2.24) is 0 Å². The van der Waals surface area contributed by atoms with Gasteiger partial charge in [0.1, 0.15) is 12.4 Å². The molecule has 0 fully saturated rings. The second-order valence-electron chi connectivity index (χ2n) is 4.02. The first kappa shape index (κ1) is 13.3. The molecule has 0 bridgehead atoms. The van der Waals surface area contributed by atoms with Crippen molar-refractivity contribution in [2.75, 3.05) is 6.61 Å². The van der Waals surface area contributed by atoms with Gasteiger partial charge in [-0.15, -0.1) is 0 Å². The molecule has 92 valence electrons. The average molecular weight is 234 g/mol. The number of hydrogen-bond donors (Lipinski definition) is 1. The maximum atomic E-state index is 10.8. The molecular weight excluding hydrogens is 216 g/mol. The minimum atomic E-state index is -0.878. The topological polar surface area (TPSA) is 46.5 Å². The number of carboxylic acid groups (broad SMARTS) is 1. The number of hydrogen-bond acceptors (Lipinski definition) is 2. The molecule has 0 atom stereocenters. The monoisotopic (exact) mass is 234 g/mol. The standard InChI is InChI=1S/C14H18O3/c1-4-12(14(15)16)5-6-17-13-8-10(2)7-11(3)9-13/h5,7-9H,4,6H2,1-3H3,(H,15,16). The van der Waals surface area contributed by atoms with Crippen LogP contribution in [0.25, 0.3) is 0 Å². The van der Waals surface area contributed by atoms with Crippen molar-refractivity contribution in [3.05, 3.63) is 41.0 Å². The predicted octanol–water partition coefficient (Wildman–Crippen LogP) is 3.10. The third-order valence-electron chi connectivity index (χ3n) is 2.43. The number of ether oxygens (including phenoxy) is 1. The number of rotatable bonds is 5. The van der Waals surface area contributed by atoms with Gasteiger partial charge in [-0.1, -0.05) is 13.0 Å². The zero-order chi connectivity index (χ0) is 12.8. The summed E-state index contributed by atoms with van der Waals surface area (Å²) >= 11 is 0. The van der Waals surface area contributed by atoms with Crippen LogP contribution in [0, 0.1) is 13.8 Å². The van der Waals surface area contributed by atoms with Crippen LogP contribution in [0.4, 0.5) is 0 Å². The summed E-state index contributed by atoms with van der Waals surface area (Å²) in [7, 11) is 0. The Balaban J connectivity index is 2.64. The van der Waals surface area contributed by atoms with Gasteiger partial charge >= 0.3 is 5.97 Å². The second kappa shape index (κ2) is 6.09. The van der Waals surface area contributed by atoms with Gasteiger partial charge in [-0.3, -0.25) is 0 Å². The van der Waals surface area contributed by atoms with Gasteiger partial charge in [0.25, 0.3) is 0 Å². The summed E-state index contributed by atoms with van der Waals surface area (Å²) < 4.78 is 5.51. The van der Waals surface area contributed by atoms with Crippen LogP contribution in [-0.2, 0) is 4.79 Å².